The van der Waals surface area contributed by atoms with Crippen LogP contribution in [0.1, 0.15) is 43.0 Å². The van der Waals surface area contributed by atoms with Crippen LogP contribution in [0.3, 0.4) is 0 Å². The largest absolute Gasteiger partial charge is 0.382 e. The summed E-state index contributed by atoms with van der Waals surface area (Å²) in [6.07, 6.45) is 9.53. The zero-order chi connectivity index (χ0) is 19.8. The first kappa shape index (κ1) is 17.8. The quantitative estimate of drug-likeness (QED) is 0.594. The maximum absolute atomic E-state index is 12.8. The number of nitrogens with one attached hydrogen (secondary N) is 3. The number of aromatic nitrogens is 3. The third kappa shape index (κ3) is 3.99. The van der Waals surface area contributed by atoms with Gasteiger partial charge in [0.15, 0.2) is 0 Å². The van der Waals surface area contributed by atoms with Crippen molar-refractivity contribution in [2.24, 2.45) is 5.92 Å². The minimum Gasteiger partial charge on any atom is -0.382 e. The van der Waals surface area contributed by atoms with Crippen molar-refractivity contribution in [3.8, 4) is 0 Å². The average molecular weight is 388 g/mol. The van der Waals surface area contributed by atoms with E-state index >= 15 is 0 Å². The number of nitrogens with zero attached hydrogens (tertiary/aromatic N) is 3. The van der Waals surface area contributed by atoms with Gasteiger partial charge in [-0.05, 0) is 49.8 Å². The van der Waals surface area contributed by atoms with Gasteiger partial charge in [0, 0.05) is 42.1 Å². The number of rotatable bonds is 6. The molecule has 7 heteroatoms. The number of hydrogen-bond acceptors (Lipinski definition) is 6. The number of amides is 1. The van der Waals surface area contributed by atoms with Gasteiger partial charge < -0.3 is 16.0 Å². The van der Waals surface area contributed by atoms with Gasteiger partial charge in [-0.2, -0.15) is 0 Å². The van der Waals surface area contributed by atoms with Crippen molar-refractivity contribution >= 4 is 34.1 Å². The van der Waals surface area contributed by atoms with Crippen molar-refractivity contribution in [3.63, 3.8) is 0 Å². The Morgan fingerprint density at radius 1 is 1.07 bits per heavy atom. The highest BCUT2D eigenvalue weighted by molar-refractivity contribution is 6.00. The molecule has 3 aromatic rings. The maximum atomic E-state index is 12.8. The van der Waals surface area contributed by atoms with Crippen LogP contribution in [-0.2, 0) is 0 Å². The van der Waals surface area contributed by atoms with Gasteiger partial charge in [-0.15, -0.1) is 0 Å². The fourth-order valence-corrected chi connectivity index (χ4v) is 3.72. The van der Waals surface area contributed by atoms with Gasteiger partial charge in [-0.3, -0.25) is 9.78 Å². The Morgan fingerprint density at radius 3 is 2.72 bits per heavy atom. The number of hydrogen-bond donors (Lipinski definition) is 3. The molecular formula is C22H24N6O. The van der Waals surface area contributed by atoms with Crippen LogP contribution in [0.4, 0.5) is 17.3 Å². The molecule has 0 saturated heterocycles. The van der Waals surface area contributed by atoms with Gasteiger partial charge in [-0.25, -0.2) is 9.97 Å². The highest BCUT2D eigenvalue weighted by atomic mass is 16.1. The fourth-order valence-electron chi connectivity index (χ4n) is 3.72. The molecule has 0 radical (unpaired) electrons. The summed E-state index contributed by atoms with van der Waals surface area (Å²) >= 11 is 0. The second kappa shape index (κ2) is 7.31. The Labute approximate surface area is 169 Å². The summed E-state index contributed by atoms with van der Waals surface area (Å²) < 4.78 is 0. The molecule has 7 nitrogen and oxygen atoms in total. The van der Waals surface area contributed by atoms with E-state index in [-0.39, 0.29) is 11.9 Å². The molecule has 3 heterocycles. The van der Waals surface area contributed by atoms with Gasteiger partial charge in [0.2, 0.25) is 0 Å². The van der Waals surface area contributed by atoms with E-state index in [4.69, 9.17) is 0 Å². The van der Waals surface area contributed by atoms with E-state index in [2.05, 4.69) is 37.8 Å². The highest BCUT2D eigenvalue weighted by Gasteiger charge is 2.29. The Bertz CT molecular complexity index is 1060. The number of pyridine rings is 3. The van der Waals surface area contributed by atoms with Crippen LogP contribution in [-0.4, -0.2) is 32.9 Å². The maximum Gasteiger partial charge on any atom is 0.255 e. The van der Waals surface area contributed by atoms with Crippen LogP contribution in [0.2, 0.25) is 0 Å². The minimum absolute atomic E-state index is 0.0552. The Morgan fingerprint density at radius 2 is 1.93 bits per heavy atom. The van der Waals surface area contributed by atoms with E-state index in [1.54, 1.807) is 18.6 Å². The van der Waals surface area contributed by atoms with Gasteiger partial charge in [0.05, 0.1) is 16.8 Å². The molecule has 3 aromatic heterocycles. The van der Waals surface area contributed by atoms with Crippen molar-refractivity contribution in [1.29, 1.82) is 0 Å². The molecular weight excluding hydrogens is 364 g/mol. The summed E-state index contributed by atoms with van der Waals surface area (Å²) in [5.41, 5.74) is 2.28. The second-order valence-corrected chi connectivity index (χ2v) is 8.17. The Hall–Kier alpha value is -3.22. The molecule has 2 aliphatic rings. The van der Waals surface area contributed by atoms with E-state index in [0.29, 0.717) is 29.2 Å². The summed E-state index contributed by atoms with van der Waals surface area (Å²) in [4.78, 5) is 25.9. The molecule has 0 spiro atoms. The molecule has 1 amide bonds. The number of fused-ring (bicyclic) bond motifs is 1. The molecule has 2 fully saturated rings. The molecule has 0 bridgehead atoms. The van der Waals surface area contributed by atoms with E-state index in [1.165, 1.54) is 0 Å². The monoisotopic (exact) mass is 388 g/mol. The molecule has 2 saturated carbocycles. The smallest absolute Gasteiger partial charge is 0.255 e. The highest BCUT2D eigenvalue weighted by Crippen LogP contribution is 2.30. The van der Waals surface area contributed by atoms with E-state index < -0.39 is 0 Å². The summed E-state index contributed by atoms with van der Waals surface area (Å²) in [5.74, 6) is 2.00. The van der Waals surface area contributed by atoms with Crippen molar-refractivity contribution < 1.29 is 4.79 Å². The molecule has 5 rings (SSSR count). The molecule has 3 N–H and O–H groups in total. The van der Waals surface area contributed by atoms with Gasteiger partial charge in [-0.1, -0.05) is 6.92 Å². The third-order valence-corrected chi connectivity index (χ3v) is 5.54. The average Bonchev–Trinajstić information content (AvgIpc) is 3.51. The summed E-state index contributed by atoms with van der Waals surface area (Å²) in [7, 11) is 0. The van der Waals surface area contributed by atoms with Crippen LogP contribution < -0.4 is 16.0 Å². The van der Waals surface area contributed by atoms with Crippen LogP contribution >= 0.6 is 0 Å². The molecule has 0 unspecified atom stereocenters. The summed E-state index contributed by atoms with van der Waals surface area (Å²) in [6.45, 7) is 2.21. The van der Waals surface area contributed by atoms with Crippen LogP contribution in [0, 0.1) is 5.92 Å². The first-order valence-corrected chi connectivity index (χ1v) is 10.2. The normalized spacial score (nSPS) is 20.7. The molecule has 2 aliphatic carbocycles. The lowest BCUT2D eigenvalue weighted by Gasteiger charge is -2.33. The van der Waals surface area contributed by atoms with Crippen molar-refractivity contribution in [1.82, 2.24) is 20.3 Å². The van der Waals surface area contributed by atoms with Crippen LogP contribution in [0.5, 0.6) is 0 Å². The second-order valence-electron chi connectivity index (χ2n) is 8.17. The molecule has 29 heavy (non-hydrogen) atoms. The standard InChI is InChI=1S/C22H24N6O/c1-13-8-16(9-13)26-22(29)17-12-24-21(10-19(17)25-15-3-4-15)28-20-5-2-14-11-23-7-6-18(14)27-20/h2,5-7,10-13,15-16H,3-4,8-9H2,1H3,(H,26,29)(H2,24,25,27,28)/t13-,16-. The third-order valence-electron chi connectivity index (χ3n) is 5.54. The molecule has 148 valence electrons. The lowest BCUT2D eigenvalue weighted by Crippen LogP contribution is -2.43. The van der Waals surface area contributed by atoms with Crippen molar-refractivity contribution in [3.05, 3.63) is 48.4 Å². The predicted molar refractivity (Wildman–Crippen MR) is 113 cm³/mol. The zero-order valence-electron chi connectivity index (χ0n) is 16.4. The minimum atomic E-state index is -0.0552. The van der Waals surface area contributed by atoms with E-state index in [9.17, 15) is 4.79 Å². The van der Waals surface area contributed by atoms with E-state index in [0.717, 1.165) is 42.3 Å². The predicted octanol–water partition coefficient (Wildman–Crippen LogP) is 3.87. The van der Waals surface area contributed by atoms with E-state index in [1.807, 2.05) is 24.3 Å². The van der Waals surface area contributed by atoms with Gasteiger partial charge >= 0.3 is 0 Å². The number of anilines is 3. The first-order valence-electron chi connectivity index (χ1n) is 10.2. The molecule has 0 aromatic carbocycles. The number of carbonyl (C=O) groups excluding carboxylic acids is 1. The molecule has 0 atom stereocenters. The van der Waals surface area contributed by atoms with Crippen LogP contribution in [0.15, 0.2) is 42.9 Å². The van der Waals surface area contributed by atoms with Crippen LogP contribution in [0.25, 0.3) is 10.9 Å². The Kier molecular flexibility index (Phi) is 4.50. The number of carbonyl (C=O) groups is 1. The fraction of sp³-hybridized carbons (Fsp3) is 0.364. The summed E-state index contributed by atoms with van der Waals surface area (Å²) in [6, 6.07) is 8.37. The lowest BCUT2D eigenvalue weighted by molar-refractivity contribution is 0.0896. The molecule has 0 aliphatic heterocycles. The zero-order valence-corrected chi connectivity index (χ0v) is 16.4. The first-order chi connectivity index (χ1) is 14.1. The topological polar surface area (TPSA) is 91.8 Å². The lowest BCUT2D eigenvalue weighted by atomic mass is 9.82. The van der Waals surface area contributed by atoms with Crippen molar-refractivity contribution in [2.45, 2.75) is 44.7 Å². The SMILES string of the molecule is C[C@H]1C[C@H](NC(=O)c2cnc(Nc3ccc4cnccc4n3)cc2NC2CC2)C1. The van der Waals surface area contributed by atoms with Gasteiger partial charge in [0.1, 0.15) is 11.6 Å². The Balaban J connectivity index is 1.37. The van der Waals surface area contributed by atoms with Gasteiger partial charge in [0.25, 0.3) is 5.91 Å². The van der Waals surface area contributed by atoms with Crippen molar-refractivity contribution in [2.75, 3.05) is 10.6 Å². The summed E-state index contributed by atoms with van der Waals surface area (Å²) in [5, 5.41) is 10.8.